The maximum absolute atomic E-state index is 6.29. The van der Waals surface area contributed by atoms with Gasteiger partial charge in [-0.2, -0.15) is 0 Å². The molecule has 4 aliphatic rings. The van der Waals surface area contributed by atoms with E-state index in [4.69, 9.17) is 9.47 Å². The lowest BCUT2D eigenvalue weighted by Crippen LogP contribution is -2.57. The van der Waals surface area contributed by atoms with Crippen molar-refractivity contribution in [1.29, 1.82) is 0 Å². The highest BCUT2D eigenvalue weighted by molar-refractivity contribution is 5.10. The summed E-state index contributed by atoms with van der Waals surface area (Å²) >= 11 is 0. The van der Waals surface area contributed by atoms with Crippen molar-refractivity contribution in [1.82, 2.24) is 0 Å². The first-order valence-electron chi connectivity index (χ1n) is 15.0. The highest BCUT2D eigenvalue weighted by Crippen LogP contribution is 2.69. The molecule has 0 radical (unpaired) electrons. The van der Waals surface area contributed by atoms with E-state index >= 15 is 0 Å². The molecule has 0 amide bonds. The van der Waals surface area contributed by atoms with Crippen LogP contribution in [0.3, 0.4) is 0 Å². The summed E-state index contributed by atoms with van der Waals surface area (Å²) in [5, 5.41) is 0. The Hall–Kier alpha value is -0.0800. The molecule has 0 aromatic carbocycles. The molecule has 0 saturated heterocycles. The maximum atomic E-state index is 6.29. The van der Waals surface area contributed by atoms with Crippen LogP contribution >= 0.6 is 0 Å². The summed E-state index contributed by atoms with van der Waals surface area (Å²) in [5.74, 6) is 6.11. The quantitative estimate of drug-likeness (QED) is 0.320. The van der Waals surface area contributed by atoms with E-state index in [-0.39, 0.29) is 5.79 Å². The van der Waals surface area contributed by atoms with Gasteiger partial charge in [-0.1, -0.05) is 53.9 Å². The van der Waals surface area contributed by atoms with E-state index in [0.717, 1.165) is 67.5 Å². The Morgan fingerprint density at radius 2 is 1.45 bits per heavy atom. The van der Waals surface area contributed by atoms with Crippen LogP contribution in [0.5, 0.6) is 0 Å². The molecule has 0 N–H and O–H groups in total. The summed E-state index contributed by atoms with van der Waals surface area (Å²) in [5.41, 5.74) is 1.11. The van der Waals surface area contributed by atoms with E-state index in [1.807, 2.05) is 0 Å². The molecule has 2 heteroatoms. The van der Waals surface area contributed by atoms with Crippen LogP contribution < -0.4 is 0 Å². The molecule has 0 bridgehead atoms. The normalized spacial score (nSPS) is 43.1. The van der Waals surface area contributed by atoms with Crippen LogP contribution in [0.15, 0.2) is 0 Å². The lowest BCUT2D eigenvalue weighted by Gasteiger charge is -2.62. The van der Waals surface area contributed by atoms with E-state index in [2.05, 4.69) is 48.5 Å². The average molecular weight is 461 g/mol. The molecule has 0 aromatic rings. The van der Waals surface area contributed by atoms with Crippen LogP contribution in [-0.2, 0) is 9.47 Å². The number of hydrogen-bond donors (Lipinski definition) is 0. The monoisotopic (exact) mass is 460 g/mol. The van der Waals surface area contributed by atoms with Crippen LogP contribution in [-0.4, -0.2) is 19.0 Å². The van der Waals surface area contributed by atoms with E-state index < -0.39 is 0 Å². The van der Waals surface area contributed by atoms with E-state index in [9.17, 15) is 0 Å². The summed E-state index contributed by atoms with van der Waals surface area (Å²) in [6.07, 6.45) is 16.7. The zero-order valence-corrected chi connectivity index (χ0v) is 23.3. The first-order valence-corrected chi connectivity index (χ1v) is 15.0. The Bertz CT molecular complexity index is 637. The fraction of sp³-hybridized carbons (Fsp3) is 1.00. The number of fused-ring (bicyclic) bond motifs is 5. The molecule has 4 rings (SSSR count). The van der Waals surface area contributed by atoms with Crippen LogP contribution in [0, 0.1) is 52.3 Å². The van der Waals surface area contributed by atoms with Crippen molar-refractivity contribution >= 4 is 0 Å². The minimum absolute atomic E-state index is 0.298. The Kier molecular flexibility index (Phi) is 7.97. The van der Waals surface area contributed by atoms with Gasteiger partial charge in [0.15, 0.2) is 5.79 Å². The first kappa shape index (κ1) is 26.0. The van der Waals surface area contributed by atoms with E-state index in [1.165, 1.54) is 64.2 Å². The second-order valence-electron chi connectivity index (χ2n) is 13.7. The minimum Gasteiger partial charge on any atom is -0.350 e. The largest absolute Gasteiger partial charge is 0.350 e. The Labute approximate surface area is 206 Å². The molecule has 8 atom stereocenters. The molecule has 0 aliphatic heterocycles. The van der Waals surface area contributed by atoms with Gasteiger partial charge < -0.3 is 9.47 Å². The van der Waals surface area contributed by atoms with Gasteiger partial charge in [0.1, 0.15) is 0 Å². The van der Waals surface area contributed by atoms with Gasteiger partial charge >= 0.3 is 0 Å². The summed E-state index contributed by atoms with van der Waals surface area (Å²) in [6, 6.07) is 0. The summed E-state index contributed by atoms with van der Waals surface area (Å²) in [6.45, 7) is 18.6. The molecule has 0 spiro atoms. The third kappa shape index (κ3) is 4.71. The van der Waals surface area contributed by atoms with Crippen LogP contribution in [0.25, 0.3) is 0 Å². The molecule has 2 nitrogen and oxygen atoms in total. The van der Waals surface area contributed by atoms with Gasteiger partial charge in [0.2, 0.25) is 0 Å². The molecule has 4 fully saturated rings. The van der Waals surface area contributed by atoms with Gasteiger partial charge in [-0.3, -0.25) is 0 Å². The summed E-state index contributed by atoms with van der Waals surface area (Å²) < 4.78 is 12.6. The summed E-state index contributed by atoms with van der Waals surface area (Å²) in [7, 11) is 0. The molecular weight excluding hydrogens is 404 g/mol. The summed E-state index contributed by atoms with van der Waals surface area (Å²) in [4.78, 5) is 0. The fourth-order valence-electron chi connectivity index (χ4n) is 10.1. The van der Waals surface area contributed by atoms with Crippen molar-refractivity contribution in [3.8, 4) is 0 Å². The second-order valence-corrected chi connectivity index (χ2v) is 13.7. The predicted molar refractivity (Wildman–Crippen MR) is 139 cm³/mol. The molecule has 0 heterocycles. The van der Waals surface area contributed by atoms with Crippen molar-refractivity contribution < 1.29 is 9.47 Å². The van der Waals surface area contributed by atoms with Gasteiger partial charge in [-0.15, -0.1) is 0 Å². The van der Waals surface area contributed by atoms with Crippen molar-refractivity contribution in [2.24, 2.45) is 52.3 Å². The smallest absolute Gasteiger partial charge is 0.168 e. The van der Waals surface area contributed by atoms with Gasteiger partial charge in [-0.05, 0) is 111 Å². The Balaban J connectivity index is 1.45. The minimum atomic E-state index is -0.298. The third-order valence-corrected chi connectivity index (χ3v) is 11.7. The lowest BCUT2D eigenvalue weighted by molar-refractivity contribution is -0.280. The predicted octanol–water partition coefficient (Wildman–Crippen LogP) is 8.88. The van der Waals surface area contributed by atoms with E-state index in [0.29, 0.717) is 10.8 Å². The SMILES string of the molecule is CCOC1(OCC)CC[C@@]2(C)[C@@H](CC[C@@H]3[C@@H]2CC[C@]2(C)[C@@H]([C@H](C)CCCC(C)C)CC[C@@H]32)C1. The number of hydrogen-bond acceptors (Lipinski definition) is 2. The molecule has 0 unspecified atom stereocenters. The van der Waals surface area contributed by atoms with Gasteiger partial charge in [0.05, 0.1) is 0 Å². The molecule has 192 valence electrons. The first-order chi connectivity index (χ1) is 15.7. The van der Waals surface area contributed by atoms with Gasteiger partial charge in [-0.25, -0.2) is 0 Å². The zero-order chi connectivity index (χ0) is 23.9. The topological polar surface area (TPSA) is 18.5 Å². The van der Waals surface area contributed by atoms with Gasteiger partial charge in [0.25, 0.3) is 0 Å². The lowest BCUT2D eigenvalue weighted by atomic mass is 9.44. The molecule has 33 heavy (non-hydrogen) atoms. The highest BCUT2D eigenvalue weighted by atomic mass is 16.7. The number of rotatable bonds is 9. The number of ether oxygens (including phenoxy) is 2. The zero-order valence-electron chi connectivity index (χ0n) is 23.3. The second kappa shape index (κ2) is 10.1. The average Bonchev–Trinajstić information content (AvgIpc) is 3.12. The van der Waals surface area contributed by atoms with Crippen molar-refractivity contribution in [2.45, 2.75) is 131 Å². The third-order valence-electron chi connectivity index (χ3n) is 11.7. The maximum Gasteiger partial charge on any atom is 0.168 e. The van der Waals surface area contributed by atoms with Gasteiger partial charge in [0, 0.05) is 26.1 Å². The molecule has 4 saturated carbocycles. The van der Waals surface area contributed by atoms with Crippen molar-refractivity contribution in [2.75, 3.05) is 13.2 Å². The molecule has 4 aliphatic carbocycles. The van der Waals surface area contributed by atoms with Crippen LogP contribution in [0.2, 0.25) is 0 Å². The standard InChI is InChI=1S/C31H56O2/c1-8-32-31(33-9-2)20-19-29(6)24(21-31)13-14-25-27-16-15-26(23(5)12-10-11-22(3)4)30(27,7)18-17-28(25)29/h22-28H,8-21H2,1-7H3/t23-,24+,25+,26-,27+,28+,29+,30-/m1/s1. The fourth-order valence-corrected chi connectivity index (χ4v) is 10.1. The highest BCUT2D eigenvalue weighted by Gasteiger charge is 2.62. The Morgan fingerprint density at radius 1 is 0.758 bits per heavy atom. The molecular formula is C31H56O2. The van der Waals surface area contributed by atoms with Crippen molar-refractivity contribution in [3.63, 3.8) is 0 Å². The van der Waals surface area contributed by atoms with Crippen molar-refractivity contribution in [3.05, 3.63) is 0 Å². The van der Waals surface area contributed by atoms with E-state index in [1.54, 1.807) is 0 Å². The molecule has 0 aromatic heterocycles. The van der Waals surface area contributed by atoms with Crippen LogP contribution in [0.4, 0.5) is 0 Å². The Morgan fingerprint density at radius 3 is 2.12 bits per heavy atom. The van der Waals surface area contributed by atoms with Crippen LogP contribution in [0.1, 0.15) is 126 Å².